The van der Waals surface area contributed by atoms with E-state index in [1.54, 1.807) is 42.5 Å². The van der Waals surface area contributed by atoms with Gasteiger partial charge in [0.15, 0.2) is 0 Å². The Balaban J connectivity index is 1.39. The number of benzene rings is 3. The van der Waals surface area contributed by atoms with Crippen molar-refractivity contribution in [3.63, 3.8) is 0 Å². The fraction of sp³-hybridized carbons (Fsp3) is 0.160. The Labute approximate surface area is 199 Å². The van der Waals surface area contributed by atoms with Crippen LogP contribution in [0.4, 0.5) is 9.18 Å². The highest BCUT2D eigenvalue weighted by Crippen LogP contribution is 2.33. The molecular weight excluding hydrogens is 463 g/mol. The normalized spacial score (nSPS) is 15.5. The minimum atomic E-state index is -0.553. The largest absolute Gasteiger partial charge is 0.487 e. The maximum Gasteiger partial charge on any atom is 0.289 e. The maximum absolute atomic E-state index is 13.1. The van der Waals surface area contributed by atoms with Gasteiger partial charge in [-0.2, -0.15) is 5.26 Å². The van der Waals surface area contributed by atoms with Crippen LogP contribution in [-0.2, 0) is 24.4 Å². The molecule has 0 radical (unpaired) electrons. The Kier molecular flexibility index (Phi) is 6.97. The third-order valence-corrected chi connectivity index (χ3v) is 6.57. The molecule has 0 aliphatic carbocycles. The average molecular weight is 481 g/mol. The molecule has 0 aromatic heterocycles. The van der Waals surface area contributed by atoms with Crippen molar-refractivity contribution >= 4 is 34.5 Å². The summed E-state index contributed by atoms with van der Waals surface area (Å²) < 4.78 is 18.9. The number of rotatable bonds is 7. The van der Waals surface area contributed by atoms with E-state index in [-0.39, 0.29) is 30.1 Å². The number of carbonyl (C=O) groups is 2. The summed E-state index contributed by atoms with van der Waals surface area (Å²) in [6, 6.07) is 20.2. The summed E-state index contributed by atoms with van der Waals surface area (Å²) in [7, 11) is 0. The number of nitriles is 1. The first-order chi connectivity index (χ1) is 15.9. The summed E-state index contributed by atoms with van der Waals surface area (Å²) in [5, 5.41) is 8.70. The van der Waals surface area contributed by atoms with E-state index in [1.807, 2.05) is 12.1 Å². The Bertz CT molecular complexity index is 1240. The number of carbonyl (C=O) groups excluding carboxylic acids is 2. The molecule has 3 aromatic rings. The highest BCUT2D eigenvalue weighted by Gasteiger charge is 2.39. The number of thioether (sulfide) groups is 1. The summed E-state index contributed by atoms with van der Waals surface area (Å²) >= 11 is 7.36. The Morgan fingerprint density at radius 2 is 1.79 bits per heavy atom. The minimum Gasteiger partial charge on any atom is -0.487 e. The van der Waals surface area contributed by atoms with Gasteiger partial charge >= 0.3 is 0 Å². The monoisotopic (exact) mass is 480 g/mol. The van der Waals surface area contributed by atoms with Crippen LogP contribution in [0, 0.1) is 17.1 Å². The molecule has 1 heterocycles. The van der Waals surface area contributed by atoms with E-state index < -0.39 is 5.25 Å². The van der Waals surface area contributed by atoms with Crippen molar-refractivity contribution in [3.8, 4) is 11.8 Å². The number of hydrogen-bond donors (Lipinski definition) is 0. The summed E-state index contributed by atoms with van der Waals surface area (Å²) in [6.07, 6.45) is 0.340. The predicted octanol–water partition coefficient (Wildman–Crippen LogP) is 5.74. The minimum absolute atomic E-state index is 0.110. The number of amides is 2. The van der Waals surface area contributed by atoms with Crippen LogP contribution in [-0.4, -0.2) is 21.3 Å². The second-order valence-corrected chi connectivity index (χ2v) is 9.01. The first kappa shape index (κ1) is 22.8. The summed E-state index contributed by atoms with van der Waals surface area (Å²) in [5.74, 6) is -0.185. The van der Waals surface area contributed by atoms with Crippen LogP contribution < -0.4 is 4.74 Å². The van der Waals surface area contributed by atoms with Gasteiger partial charge in [-0.1, -0.05) is 59.8 Å². The fourth-order valence-electron chi connectivity index (χ4n) is 3.46. The molecular formula is C25H18ClFN2O3S. The molecule has 166 valence electrons. The molecule has 5 nitrogen and oxygen atoms in total. The zero-order chi connectivity index (χ0) is 23.4. The first-order valence-corrected chi connectivity index (χ1v) is 11.4. The highest BCUT2D eigenvalue weighted by atomic mass is 35.5. The Hall–Kier alpha value is -3.34. The molecule has 1 fully saturated rings. The van der Waals surface area contributed by atoms with E-state index in [0.717, 1.165) is 22.9 Å². The number of nitrogens with zero attached hydrogens (tertiary/aromatic N) is 2. The van der Waals surface area contributed by atoms with Gasteiger partial charge in [0.2, 0.25) is 5.91 Å². The summed E-state index contributed by atoms with van der Waals surface area (Å²) in [6.45, 7) is 0.311. The predicted molar refractivity (Wildman–Crippen MR) is 124 cm³/mol. The van der Waals surface area contributed by atoms with Crippen molar-refractivity contribution in [3.05, 3.63) is 99.8 Å². The number of halogens is 2. The zero-order valence-corrected chi connectivity index (χ0v) is 18.9. The van der Waals surface area contributed by atoms with Crippen molar-refractivity contribution in [1.82, 2.24) is 4.90 Å². The molecule has 0 spiro atoms. The lowest BCUT2D eigenvalue weighted by Crippen LogP contribution is -2.31. The Morgan fingerprint density at radius 1 is 1.06 bits per heavy atom. The molecule has 3 aromatic carbocycles. The van der Waals surface area contributed by atoms with Crippen molar-refractivity contribution in [2.75, 3.05) is 0 Å². The quantitative estimate of drug-likeness (QED) is 0.431. The average Bonchev–Trinajstić information content (AvgIpc) is 3.07. The fourth-order valence-corrected chi connectivity index (χ4v) is 4.74. The van der Waals surface area contributed by atoms with Crippen LogP contribution >= 0.6 is 23.4 Å². The third-order valence-electron chi connectivity index (χ3n) is 5.20. The molecule has 4 rings (SSSR count). The second-order valence-electron chi connectivity index (χ2n) is 7.45. The van der Waals surface area contributed by atoms with E-state index in [9.17, 15) is 19.2 Å². The second kappa shape index (κ2) is 10.1. The summed E-state index contributed by atoms with van der Waals surface area (Å²) in [4.78, 5) is 26.4. The van der Waals surface area contributed by atoms with Gasteiger partial charge in [-0.15, -0.1) is 0 Å². The molecule has 1 aliphatic heterocycles. The number of hydrogen-bond acceptors (Lipinski definition) is 5. The van der Waals surface area contributed by atoms with Crippen LogP contribution in [0.15, 0.2) is 66.7 Å². The number of imide groups is 1. The van der Waals surface area contributed by atoms with Gasteiger partial charge in [0.25, 0.3) is 5.24 Å². The van der Waals surface area contributed by atoms with Gasteiger partial charge in [-0.05, 0) is 47.9 Å². The van der Waals surface area contributed by atoms with Crippen LogP contribution in [0.3, 0.4) is 0 Å². The van der Waals surface area contributed by atoms with Crippen molar-refractivity contribution in [1.29, 1.82) is 5.26 Å². The van der Waals surface area contributed by atoms with E-state index in [1.165, 1.54) is 17.0 Å². The lowest BCUT2D eigenvalue weighted by atomic mass is 10.1. The highest BCUT2D eigenvalue weighted by molar-refractivity contribution is 8.15. The molecule has 33 heavy (non-hydrogen) atoms. The molecule has 1 saturated heterocycles. The van der Waals surface area contributed by atoms with Crippen molar-refractivity contribution in [2.45, 2.75) is 24.8 Å². The molecule has 0 saturated carbocycles. The van der Waals surface area contributed by atoms with E-state index in [2.05, 4.69) is 6.07 Å². The first-order valence-electron chi connectivity index (χ1n) is 10.1. The molecule has 0 N–H and O–H groups in total. The van der Waals surface area contributed by atoms with Crippen LogP contribution in [0.25, 0.3) is 0 Å². The van der Waals surface area contributed by atoms with Gasteiger partial charge in [-0.3, -0.25) is 14.5 Å². The third kappa shape index (κ3) is 5.36. The molecule has 2 amide bonds. The smallest absolute Gasteiger partial charge is 0.289 e. The summed E-state index contributed by atoms with van der Waals surface area (Å²) in [5.41, 5.74) is 2.78. The van der Waals surface area contributed by atoms with Gasteiger partial charge in [0, 0.05) is 5.56 Å². The van der Waals surface area contributed by atoms with Gasteiger partial charge in [-0.25, -0.2) is 4.39 Å². The SMILES string of the molecule is N#Cc1ccccc1COc1ccc(C[C@H]2SC(=O)N(Cc3ccc(F)cc3)C2=O)cc1Cl. The van der Waals surface area contributed by atoms with Gasteiger partial charge in [0.05, 0.1) is 28.5 Å². The van der Waals surface area contributed by atoms with Crippen LogP contribution in [0.2, 0.25) is 5.02 Å². The topological polar surface area (TPSA) is 70.4 Å². The standard InChI is InChI=1S/C25H18ClFN2O3S/c26-21-11-17(7-10-22(21)32-15-19-4-2-1-3-18(19)13-28)12-23-24(30)29(25(31)33-23)14-16-5-8-20(27)9-6-16/h1-11,23H,12,14-15H2/t23-/m1/s1. The molecule has 1 atom stereocenters. The zero-order valence-electron chi connectivity index (χ0n) is 17.3. The van der Waals surface area contributed by atoms with Crippen molar-refractivity contribution in [2.24, 2.45) is 0 Å². The van der Waals surface area contributed by atoms with E-state index in [4.69, 9.17) is 16.3 Å². The number of ether oxygens (including phenoxy) is 1. The van der Waals surface area contributed by atoms with E-state index >= 15 is 0 Å². The molecule has 0 unspecified atom stereocenters. The van der Waals surface area contributed by atoms with Crippen molar-refractivity contribution < 1.29 is 18.7 Å². The van der Waals surface area contributed by atoms with E-state index in [0.29, 0.717) is 28.3 Å². The van der Waals surface area contributed by atoms with Crippen LogP contribution in [0.5, 0.6) is 5.75 Å². The molecule has 1 aliphatic rings. The Morgan fingerprint density at radius 3 is 2.52 bits per heavy atom. The van der Waals surface area contributed by atoms with Gasteiger partial charge < -0.3 is 4.74 Å². The van der Waals surface area contributed by atoms with Gasteiger partial charge in [0.1, 0.15) is 18.2 Å². The lowest BCUT2D eigenvalue weighted by Gasteiger charge is -2.14. The maximum atomic E-state index is 13.1. The molecule has 8 heteroatoms. The molecule has 0 bridgehead atoms. The van der Waals surface area contributed by atoms with Crippen LogP contribution in [0.1, 0.15) is 22.3 Å². The lowest BCUT2D eigenvalue weighted by molar-refractivity contribution is -0.127.